The summed E-state index contributed by atoms with van der Waals surface area (Å²) < 4.78 is 29.4. The third-order valence-corrected chi connectivity index (χ3v) is 10.4. The third-order valence-electron chi connectivity index (χ3n) is 7.04. The number of carbonyl (C=O) groups excluding carboxylic acids is 2. The molecule has 0 radical (unpaired) electrons. The van der Waals surface area contributed by atoms with E-state index in [9.17, 15) is 18.0 Å². The zero-order chi connectivity index (χ0) is 26.3. The predicted molar refractivity (Wildman–Crippen MR) is 144 cm³/mol. The Bertz CT molecular complexity index is 1280. The number of fused-ring (bicyclic) bond motifs is 1. The number of nitrogens with one attached hydrogen (secondary N) is 2. The highest BCUT2D eigenvalue weighted by Gasteiger charge is 2.36. The summed E-state index contributed by atoms with van der Waals surface area (Å²) in [6, 6.07) is 4.77. The number of thiophene rings is 1. The fourth-order valence-electron chi connectivity index (χ4n) is 4.84. The molecule has 1 aliphatic heterocycles. The molecule has 2 aromatic rings. The fraction of sp³-hybridized carbons (Fsp3) is 0.538. The molecule has 2 aliphatic rings. The highest BCUT2D eigenvalue weighted by atomic mass is 35.5. The number of hydrogen-bond donors (Lipinski definition) is 2. The molecule has 2 amide bonds. The summed E-state index contributed by atoms with van der Waals surface area (Å²) in [6.07, 6.45) is 2.95. The number of hydrogen-bond acceptors (Lipinski definition) is 6. The van der Waals surface area contributed by atoms with E-state index in [4.69, 9.17) is 16.3 Å². The number of ether oxygens (including phenoxy) is 1. The molecule has 2 heterocycles. The van der Waals surface area contributed by atoms with Crippen molar-refractivity contribution in [1.82, 2.24) is 5.32 Å². The van der Waals surface area contributed by atoms with Crippen LogP contribution in [0.4, 0.5) is 5.00 Å². The van der Waals surface area contributed by atoms with Gasteiger partial charge in [0.15, 0.2) is 16.4 Å². The van der Waals surface area contributed by atoms with E-state index in [1.807, 2.05) is 6.92 Å². The van der Waals surface area contributed by atoms with Gasteiger partial charge in [0.25, 0.3) is 11.8 Å². The molecular weight excluding hydrogens is 520 g/mol. The molecule has 2 atom stereocenters. The number of sulfone groups is 1. The minimum atomic E-state index is -3.13. The fourth-order valence-corrected chi connectivity index (χ4v) is 7.97. The second kappa shape index (κ2) is 10.3. The van der Waals surface area contributed by atoms with Crippen LogP contribution in [0.2, 0.25) is 5.02 Å². The molecule has 0 bridgehead atoms. The van der Waals surface area contributed by atoms with Crippen LogP contribution in [-0.2, 0) is 27.5 Å². The van der Waals surface area contributed by atoms with Gasteiger partial charge < -0.3 is 15.4 Å². The van der Waals surface area contributed by atoms with E-state index in [0.29, 0.717) is 33.7 Å². The number of amides is 2. The molecule has 10 heteroatoms. The van der Waals surface area contributed by atoms with Crippen LogP contribution in [-0.4, -0.2) is 44.4 Å². The Morgan fingerprint density at radius 2 is 1.97 bits per heavy atom. The summed E-state index contributed by atoms with van der Waals surface area (Å²) in [7, 11) is -3.13. The average Bonchev–Trinajstić information content (AvgIpc) is 3.31. The Labute approximate surface area is 221 Å². The molecule has 196 valence electrons. The van der Waals surface area contributed by atoms with Crippen LogP contribution >= 0.6 is 22.9 Å². The van der Waals surface area contributed by atoms with Crippen molar-refractivity contribution in [3.05, 3.63) is 44.8 Å². The Balaban J connectivity index is 1.54. The summed E-state index contributed by atoms with van der Waals surface area (Å²) in [5, 5.41) is 6.91. The Morgan fingerprint density at radius 1 is 1.22 bits per heavy atom. The van der Waals surface area contributed by atoms with Gasteiger partial charge in [-0.15, -0.1) is 11.3 Å². The van der Waals surface area contributed by atoms with Crippen molar-refractivity contribution in [3.8, 4) is 5.75 Å². The molecule has 1 saturated heterocycles. The second-order valence-corrected chi connectivity index (χ2v) is 14.6. The van der Waals surface area contributed by atoms with Gasteiger partial charge in [0, 0.05) is 15.9 Å². The van der Waals surface area contributed by atoms with Gasteiger partial charge in [-0.2, -0.15) is 0 Å². The Hall–Kier alpha value is -2.10. The molecule has 1 aromatic carbocycles. The van der Waals surface area contributed by atoms with Crippen molar-refractivity contribution in [1.29, 1.82) is 0 Å². The minimum Gasteiger partial charge on any atom is -0.484 e. The van der Waals surface area contributed by atoms with E-state index in [2.05, 4.69) is 31.4 Å². The lowest BCUT2D eigenvalue weighted by Gasteiger charge is -2.33. The number of carbonyl (C=O) groups is 2. The van der Waals surface area contributed by atoms with Gasteiger partial charge in [0.1, 0.15) is 10.8 Å². The van der Waals surface area contributed by atoms with Crippen LogP contribution in [0.25, 0.3) is 0 Å². The number of benzene rings is 1. The molecule has 1 aromatic heterocycles. The van der Waals surface area contributed by atoms with Crippen molar-refractivity contribution in [2.75, 3.05) is 23.4 Å². The van der Waals surface area contributed by atoms with Gasteiger partial charge >= 0.3 is 0 Å². The monoisotopic (exact) mass is 552 g/mol. The van der Waals surface area contributed by atoms with E-state index in [1.54, 1.807) is 18.2 Å². The van der Waals surface area contributed by atoms with Gasteiger partial charge in [-0.05, 0) is 73.3 Å². The minimum absolute atomic E-state index is 0.0484. The second-order valence-electron chi connectivity index (χ2n) is 10.8. The van der Waals surface area contributed by atoms with Crippen LogP contribution in [0.1, 0.15) is 60.0 Å². The lowest BCUT2D eigenvalue weighted by Crippen LogP contribution is -2.36. The quantitative estimate of drug-likeness (QED) is 0.536. The van der Waals surface area contributed by atoms with Crippen LogP contribution in [0.5, 0.6) is 5.75 Å². The van der Waals surface area contributed by atoms with E-state index >= 15 is 0 Å². The summed E-state index contributed by atoms with van der Waals surface area (Å²) in [6.45, 7) is 8.32. The van der Waals surface area contributed by atoms with E-state index < -0.39 is 15.9 Å². The summed E-state index contributed by atoms with van der Waals surface area (Å²) in [5.41, 5.74) is 2.41. The Morgan fingerprint density at radius 3 is 2.61 bits per heavy atom. The molecule has 2 unspecified atom stereocenters. The first-order valence-electron chi connectivity index (χ1n) is 12.2. The highest BCUT2D eigenvalue weighted by molar-refractivity contribution is 7.91. The standard InChI is InChI=1S/C26H33ClN2O5S2/c1-15-11-18(6-8-20(15)27)34-13-22(30)29-25-23(24(31)28-17-9-10-36(32,33)14-17)19-7-5-16(26(2,3)4)12-21(19)35-25/h6,8,11,16-17H,5,7,9-10,12-14H2,1-4H3,(H,28,31)(H,29,30). The topological polar surface area (TPSA) is 102 Å². The van der Waals surface area contributed by atoms with Crippen LogP contribution < -0.4 is 15.4 Å². The average molecular weight is 553 g/mol. The molecular formula is C26H33ClN2O5S2. The number of halogens is 1. The largest absolute Gasteiger partial charge is 0.484 e. The third kappa shape index (κ3) is 6.23. The lowest BCUT2D eigenvalue weighted by atomic mass is 9.72. The van der Waals surface area contributed by atoms with Crippen molar-refractivity contribution in [2.45, 2.75) is 59.4 Å². The molecule has 7 nitrogen and oxygen atoms in total. The van der Waals surface area contributed by atoms with Gasteiger partial charge in [-0.3, -0.25) is 9.59 Å². The van der Waals surface area contributed by atoms with E-state index in [-0.39, 0.29) is 35.3 Å². The molecule has 0 spiro atoms. The highest BCUT2D eigenvalue weighted by Crippen LogP contribution is 2.44. The lowest BCUT2D eigenvalue weighted by molar-refractivity contribution is -0.118. The molecule has 1 fully saturated rings. The number of aryl methyl sites for hydroxylation is 1. The summed E-state index contributed by atoms with van der Waals surface area (Å²) in [5.74, 6) is 0.343. The van der Waals surface area contributed by atoms with Crippen molar-refractivity contribution in [3.63, 3.8) is 0 Å². The zero-order valence-corrected chi connectivity index (χ0v) is 23.5. The van der Waals surface area contributed by atoms with E-state index in [1.165, 1.54) is 11.3 Å². The SMILES string of the molecule is Cc1cc(OCC(=O)Nc2sc3c(c2C(=O)NC2CCS(=O)(=O)C2)CCC(C(C)(C)C)C3)ccc1Cl. The smallest absolute Gasteiger partial charge is 0.262 e. The molecule has 4 rings (SSSR count). The predicted octanol–water partition coefficient (Wildman–Crippen LogP) is 4.80. The molecule has 2 N–H and O–H groups in total. The first-order valence-corrected chi connectivity index (χ1v) is 15.2. The molecule has 1 aliphatic carbocycles. The number of rotatable bonds is 6. The summed E-state index contributed by atoms with van der Waals surface area (Å²) >= 11 is 7.50. The molecule has 36 heavy (non-hydrogen) atoms. The van der Waals surface area contributed by atoms with Gasteiger partial charge in [0.2, 0.25) is 0 Å². The normalized spacial score (nSPS) is 21.0. The maximum atomic E-state index is 13.4. The van der Waals surface area contributed by atoms with Crippen LogP contribution in [0, 0.1) is 18.3 Å². The van der Waals surface area contributed by atoms with E-state index in [0.717, 1.165) is 35.3 Å². The number of anilines is 1. The zero-order valence-electron chi connectivity index (χ0n) is 21.1. The van der Waals surface area contributed by atoms with Gasteiger partial charge in [-0.25, -0.2) is 8.42 Å². The van der Waals surface area contributed by atoms with Gasteiger partial charge in [0.05, 0.1) is 17.1 Å². The Kier molecular flexibility index (Phi) is 7.74. The van der Waals surface area contributed by atoms with Crippen LogP contribution in [0.3, 0.4) is 0 Å². The maximum absolute atomic E-state index is 13.4. The van der Waals surface area contributed by atoms with Gasteiger partial charge in [-0.1, -0.05) is 32.4 Å². The van der Waals surface area contributed by atoms with Crippen molar-refractivity contribution >= 4 is 49.6 Å². The first-order chi connectivity index (χ1) is 16.8. The van der Waals surface area contributed by atoms with Crippen molar-refractivity contribution < 1.29 is 22.7 Å². The maximum Gasteiger partial charge on any atom is 0.262 e. The van der Waals surface area contributed by atoms with Crippen molar-refractivity contribution in [2.24, 2.45) is 11.3 Å². The first kappa shape index (κ1) is 26.9. The molecule has 0 saturated carbocycles. The van der Waals surface area contributed by atoms with Crippen LogP contribution in [0.15, 0.2) is 18.2 Å². The summed E-state index contributed by atoms with van der Waals surface area (Å²) in [4.78, 5) is 27.3.